The van der Waals surface area contributed by atoms with E-state index in [0.717, 1.165) is 0 Å². The third-order valence-electron chi connectivity index (χ3n) is 2.95. The zero-order valence-corrected chi connectivity index (χ0v) is 11.4. The number of hydrogen-bond donors (Lipinski definition) is 1. The fourth-order valence-electron chi connectivity index (χ4n) is 2.00. The van der Waals surface area contributed by atoms with Gasteiger partial charge >= 0.3 is 5.97 Å². The molecule has 20 heavy (non-hydrogen) atoms. The van der Waals surface area contributed by atoms with Crippen molar-refractivity contribution in [3.05, 3.63) is 12.1 Å². The van der Waals surface area contributed by atoms with Crippen LogP contribution in [0.2, 0.25) is 0 Å². The number of aromatic hydroxyl groups is 1. The van der Waals surface area contributed by atoms with Crippen LogP contribution in [0.4, 0.5) is 5.69 Å². The second kappa shape index (κ2) is 5.28. The Morgan fingerprint density at radius 3 is 2.55 bits per heavy atom. The molecule has 1 aliphatic rings. The largest absolute Gasteiger partial charge is 0.504 e. The molecule has 7 heteroatoms. The molecule has 0 aromatic heterocycles. The molecule has 1 fully saturated rings. The van der Waals surface area contributed by atoms with Gasteiger partial charge in [0.15, 0.2) is 17.6 Å². The van der Waals surface area contributed by atoms with Crippen LogP contribution in [0.5, 0.6) is 17.2 Å². The molecule has 0 radical (unpaired) electrons. The van der Waals surface area contributed by atoms with E-state index < -0.39 is 12.1 Å². The number of carbonyl (C=O) groups excluding carboxylic acids is 2. The SMILES string of the molecule is COc1cc(N2C[C@H](OC(C)=O)C2=O)cc(O)c1OC. The Labute approximate surface area is 115 Å². The monoisotopic (exact) mass is 281 g/mol. The molecule has 1 heterocycles. The Morgan fingerprint density at radius 1 is 1.35 bits per heavy atom. The van der Waals surface area contributed by atoms with Crippen LogP contribution in [0, 0.1) is 0 Å². The third kappa shape index (κ3) is 2.34. The number of phenolic OH excluding ortho intramolecular Hbond substituents is 1. The van der Waals surface area contributed by atoms with Crippen LogP contribution in [0.3, 0.4) is 0 Å². The predicted molar refractivity (Wildman–Crippen MR) is 69.1 cm³/mol. The summed E-state index contributed by atoms with van der Waals surface area (Å²) >= 11 is 0. The summed E-state index contributed by atoms with van der Waals surface area (Å²) in [7, 11) is 2.84. The smallest absolute Gasteiger partial charge is 0.303 e. The maximum absolute atomic E-state index is 11.9. The van der Waals surface area contributed by atoms with Crippen LogP contribution in [0.15, 0.2) is 12.1 Å². The summed E-state index contributed by atoms with van der Waals surface area (Å²) in [5.74, 6) is -0.470. The molecule has 7 nitrogen and oxygen atoms in total. The summed E-state index contributed by atoms with van der Waals surface area (Å²) in [5.41, 5.74) is 0.452. The number of benzene rings is 1. The van der Waals surface area contributed by atoms with Gasteiger partial charge in [0, 0.05) is 19.1 Å². The Kier molecular flexibility index (Phi) is 3.69. The topological polar surface area (TPSA) is 85.3 Å². The van der Waals surface area contributed by atoms with Gasteiger partial charge in [0.05, 0.1) is 26.5 Å². The summed E-state index contributed by atoms with van der Waals surface area (Å²) in [4.78, 5) is 24.0. The number of ether oxygens (including phenoxy) is 3. The molecule has 2 rings (SSSR count). The minimum Gasteiger partial charge on any atom is -0.504 e. The number of amides is 1. The first-order valence-electron chi connectivity index (χ1n) is 5.91. The molecule has 108 valence electrons. The highest BCUT2D eigenvalue weighted by Crippen LogP contribution is 2.41. The molecule has 0 spiro atoms. The normalized spacial score (nSPS) is 17.4. The van der Waals surface area contributed by atoms with Crippen molar-refractivity contribution in [3.63, 3.8) is 0 Å². The van der Waals surface area contributed by atoms with Crippen LogP contribution in [0.1, 0.15) is 6.92 Å². The molecule has 1 atom stereocenters. The molecule has 0 unspecified atom stereocenters. The van der Waals surface area contributed by atoms with E-state index in [9.17, 15) is 14.7 Å². The first-order chi connectivity index (χ1) is 9.47. The number of phenols is 1. The lowest BCUT2D eigenvalue weighted by Crippen LogP contribution is -2.58. The number of β-lactam (4-membered cyclic amide) rings is 1. The lowest BCUT2D eigenvalue weighted by molar-refractivity contribution is -0.156. The summed E-state index contributed by atoms with van der Waals surface area (Å²) in [6.45, 7) is 1.49. The second-order valence-electron chi connectivity index (χ2n) is 4.25. The quantitative estimate of drug-likeness (QED) is 0.645. The summed E-state index contributed by atoms with van der Waals surface area (Å²) < 4.78 is 14.9. The first kappa shape index (κ1) is 14.0. The van der Waals surface area contributed by atoms with E-state index in [1.807, 2.05) is 0 Å². The number of hydrogen-bond acceptors (Lipinski definition) is 6. The number of anilines is 1. The minimum absolute atomic E-state index is 0.134. The van der Waals surface area contributed by atoms with Gasteiger partial charge in [0.25, 0.3) is 5.91 Å². The van der Waals surface area contributed by atoms with Gasteiger partial charge in [-0.1, -0.05) is 0 Å². The van der Waals surface area contributed by atoms with E-state index in [2.05, 4.69) is 0 Å². The predicted octanol–water partition coefficient (Wildman–Crippen LogP) is 0.688. The van der Waals surface area contributed by atoms with Crippen molar-refractivity contribution in [1.29, 1.82) is 0 Å². The van der Waals surface area contributed by atoms with E-state index in [-0.39, 0.29) is 24.0 Å². The van der Waals surface area contributed by atoms with E-state index in [1.54, 1.807) is 6.07 Å². The summed E-state index contributed by atoms with van der Waals surface area (Å²) in [6.07, 6.45) is -0.761. The zero-order chi connectivity index (χ0) is 14.9. The average Bonchev–Trinajstić information content (AvgIpc) is 2.41. The van der Waals surface area contributed by atoms with Crippen molar-refractivity contribution in [2.45, 2.75) is 13.0 Å². The number of rotatable bonds is 4. The van der Waals surface area contributed by atoms with Crippen LogP contribution in [-0.2, 0) is 14.3 Å². The lowest BCUT2D eigenvalue weighted by Gasteiger charge is -2.37. The van der Waals surface area contributed by atoms with Crippen molar-refractivity contribution >= 4 is 17.6 Å². The Morgan fingerprint density at radius 2 is 2.05 bits per heavy atom. The fraction of sp³-hybridized carbons (Fsp3) is 0.385. The van der Waals surface area contributed by atoms with Crippen molar-refractivity contribution in [1.82, 2.24) is 0 Å². The van der Waals surface area contributed by atoms with E-state index in [4.69, 9.17) is 14.2 Å². The maximum Gasteiger partial charge on any atom is 0.303 e. The Balaban J connectivity index is 2.21. The molecule has 0 saturated carbocycles. The molecule has 1 aromatic rings. The highest BCUT2D eigenvalue weighted by molar-refractivity contribution is 6.04. The number of methoxy groups -OCH3 is 2. The molecule has 0 bridgehead atoms. The minimum atomic E-state index is -0.761. The lowest BCUT2D eigenvalue weighted by atomic mass is 10.1. The van der Waals surface area contributed by atoms with Gasteiger partial charge in [-0.05, 0) is 0 Å². The molecule has 1 aromatic carbocycles. The molecular formula is C13H15NO6. The number of carbonyl (C=O) groups is 2. The van der Waals surface area contributed by atoms with E-state index >= 15 is 0 Å². The van der Waals surface area contributed by atoms with Crippen molar-refractivity contribution in [2.75, 3.05) is 25.7 Å². The zero-order valence-electron chi connectivity index (χ0n) is 11.4. The van der Waals surface area contributed by atoms with E-state index in [0.29, 0.717) is 11.4 Å². The number of nitrogens with zero attached hydrogens (tertiary/aromatic N) is 1. The molecule has 1 amide bonds. The van der Waals surface area contributed by atoms with Gasteiger partial charge in [-0.3, -0.25) is 9.59 Å². The first-order valence-corrected chi connectivity index (χ1v) is 5.91. The second-order valence-corrected chi connectivity index (χ2v) is 4.25. The van der Waals surface area contributed by atoms with Crippen LogP contribution in [0.25, 0.3) is 0 Å². The van der Waals surface area contributed by atoms with Gasteiger partial charge in [-0.2, -0.15) is 0 Å². The molecular weight excluding hydrogens is 266 g/mol. The molecule has 1 saturated heterocycles. The van der Waals surface area contributed by atoms with Gasteiger partial charge in [-0.25, -0.2) is 0 Å². The standard InChI is InChI=1S/C13H15NO6/c1-7(15)20-11-6-14(13(11)17)8-4-9(16)12(19-3)10(5-8)18-2/h4-5,11,16H,6H2,1-3H3/t11-/m0/s1. The molecule has 0 aliphatic carbocycles. The van der Waals surface area contributed by atoms with Gasteiger partial charge in [0.1, 0.15) is 0 Å². The molecule has 1 N–H and O–H groups in total. The van der Waals surface area contributed by atoms with Crippen LogP contribution < -0.4 is 14.4 Å². The van der Waals surface area contributed by atoms with Gasteiger partial charge < -0.3 is 24.2 Å². The van der Waals surface area contributed by atoms with Crippen molar-refractivity contribution < 1.29 is 28.9 Å². The van der Waals surface area contributed by atoms with E-state index in [1.165, 1.54) is 32.1 Å². The highest BCUT2D eigenvalue weighted by Gasteiger charge is 2.40. The maximum atomic E-state index is 11.9. The van der Waals surface area contributed by atoms with Crippen molar-refractivity contribution in [3.8, 4) is 17.2 Å². The average molecular weight is 281 g/mol. The Bertz CT molecular complexity index is 556. The summed E-state index contributed by atoms with van der Waals surface area (Å²) in [6, 6.07) is 2.96. The Hall–Kier alpha value is -2.44. The fourth-order valence-corrected chi connectivity index (χ4v) is 2.00. The van der Waals surface area contributed by atoms with Gasteiger partial charge in [-0.15, -0.1) is 0 Å². The third-order valence-corrected chi connectivity index (χ3v) is 2.95. The highest BCUT2D eigenvalue weighted by atomic mass is 16.6. The van der Waals surface area contributed by atoms with Gasteiger partial charge in [0.2, 0.25) is 5.75 Å². The van der Waals surface area contributed by atoms with Crippen LogP contribution in [-0.4, -0.2) is 43.9 Å². The van der Waals surface area contributed by atoms with Crippen LogP contribution >= 0.6 is 0 Å². The summed E-state index contributed by atoms with van der Waals surface area (Å²) in [5, 5.41) is 9.84. The number of esters is 1. The molecule has 1 aliphatic heterocycles. The van der Waals surface area contributed by atoms with Crippen molar-refractivity contribution in [2.24, 2.45) is 0 Å².